The molecule has 3 unspecified atom stereocenters. The smallest absolute Gasteiger partial charge is 0.227 e. The molecular weight excluding hydrogens is 521 g/mol. The molecule has 2 aromatic rings. The second-order valence-corrected chi connectivity index (χ2v) is 10.8. The van der Waals surface area contributed by atoms with Gasteiger partial charge in [0.2, 0.25) is 5.91 Å². The van der Waals surface area contributed by atoms with E-state index in [9.17, 15) is 9.18 Å². The number of nitrogens with one attached hydrogen (secondary N) is 1. The van der Waals surface area contributed by atoms with Crippen LogP contribution in [0.25, 0.3) is 0 Å². The standard InChI is InChI=1S/C29H42FN5O3.C2H6.CH4/c1-20(2)27-25-16-24(30)17-31-28(25)34-10-12-35(13-11-34)29(36)26(18-32-37-5)21(3)23-8-6-22(7-9-23)19-33(4)14-15-38-27;1-2;/h6-9,16-17,20-21,26-27,32H,10-15,18-19H2,1-5H3;1-2H3;1H4. The average Bonchev–Trinajstić information content (AvgIpc) is 2.96. The zero-order chi connectivity index (χ0) is 29.2. The molecule has 0 aliphatic carbocycles. The van der Waals surface area contributed by atoms with Crippen molar-refractivity contribution in [3.05, 3.63) is 59.0 Å². The molecule has 1 amide bonds. The van der Waals surface area contributed by atoms with Crippen LogP contribution in [-0.4, -0.2) is 80.7 Å². The quantitative estimate of drug-likeness (QED) is 0.501. The van der Waals surface area contributed by atoms with Crippen molar-refractivity contribution in [1.82, 2.24) is 20.3 Å². The van der Waals surface area contributed by atoms with Crippen molar-refractivity contribution < 1.29 is 18.8 Å². The minimum atomic E-state index is -0.368. The Bertz CT molecular complexity index is 1060. The molecule has 230 valence electrons. The summed E-state index contributed by atoms with van der Waals surface area (Å²) in [7, 11) is 3.65. The summed E-state index contributed by atoms with van der Waals surface area (Å²) < 4.78 is 20.8. The van der Waals surface area contributed by atoms with Crippen molar-refractivity contribution in [3.8, 4) is 0 Å². The van der Waals surface area contributed by atoms with Crippen molar-refractivity contribution >= 4 is 11.7 Å². The zero-order valence-corrected chi connectivity index (χ0v) is 25.3. The van der Waals surface area contributed by atoms with Gasteiger partial charge in [-0.3, -0.25) is 9.69 Å². The normalized spacial score (nSPS) is 22.3. The topological polar surface area (TPSA) is 70.2 Å². The number of piperazine rings is 1. The maximum Gasteiger partial charge on any atom is 0.227 e. The number of carbonyl (C=O) groups is 1. The van der Waals surface area contributed by atoms with E-state index in [1.165, 1.54) is 11.8 Å². The molecule has 5 heterocycles. The van der Waals surface area contributed by atoms with Gasteiger partial charge in [0, 0.05) is 51.4 Å². The Morgan fingerprint density at radius 2 is 1.73 bits per heavy atom. The van der Waals surface area contributed by atoms with Gasteiger partial charge < -0.3 is 19.4 Å². The van der Waals surface area contributed by atoms with E-state index in [1.54, 1.807) is 13.2 Å². The minimum Gasteiger partial charge on any atom is -0.372 e. The van der Waals surface area contributed by atoms with Crippen LogP contribution in [0.3, 0.4) is 0 Å². The van der Waals surface area contributed by atoms with Crippen LogP contribution in [0.1, 0.15) is 70.8 Å². The number of rotatable bonds is 4. The number of nitrogens with zero attached hydrogens (tertiary/aromatic N) is 4. The van der Waals surface area contributed by atoms with E-state index in [0.29, 0.717) is 39.3 Å². The number of amides is 1. The van der Waals surface area contributed by atoms with Crippen LogP contribution in [0.2, 0.25) is 0 Å². The number of anilines is 1. The van der Waals surface area contributed by atoms with E-state index in [2.05, 4.69) is 72.3 Å². The van der Waals surface area contributed by atoms with Crippen molar-refractivity contribution in [2.24, 2.45) is 11.8 Å². The third kappa shape index (κ3) is 8.95. The van der Waals surface area contributed by atoms with Crippen molar-refractivity contribution in [2.45, 2.75) is 60.6 Å². The maximum atomic E-state index is 14.4. The highest BCUT2D eigenvalue weighted by atomic mass is 19.1. The summed E-state index contributed by atoms with van der Waals surface area (Å²) >= 11 is 0. The monoisotopic (exact) mass is 573 g/mol. The van der Waals surface area contributed by atoms with Crippen LogP contribution in [0.5, 0.6) is 0 Å². The lowest BCUT2D eigenvalue weighted by Gasteiger charge is -2.39. The number of hydrogen-bond donors (Lipinski definition) is 1. The van der Waals surface area contributed by atoms with Crippen molar-refractivity contribution in [2.75, 3.05) is 64.9 Å². The first kappa shape index (κ1) is 34.6. The van der Waals surface area contributed by atoms with Gasteiger partial charge in [0.05, 0.1) is 31.9 Å². The van der Waals surface area contributed by atoms with Crippen LogP contribution in [0, 0.1) is 17.7 Å². The first-order valence-electron chi connectivity index (χ1n) is 14.6. The fourth-order valence-corrected chi connectivity index (χ4v) is 5.47. The van der Waals surface area contributed by atoms with Gasteiger partial charge in [-0.1, -0.05) is 66.3 Å². The Labute approximate surface area is 247 Å². The van der Waals surface area contributed by atoms with Crippen LogP contribution < -0.4 is 10.4 Å². The summed E-state index contributed by atoms with van der Waals surface area (Å²) in [5.41, 5.74) is 6.02. The Kier molecular flexibility index (Phi) is 14.1. The number of pyridine rings is 1. The molecule has 4 bridgehead atoms. The van der Waals surface area contributed by atoms with E-state index in [1.807, 2.05) is 18.7 Å². The Balaban J connectivity index is 0.00000192. The number of benzene rings is 1. The highest BCUT2D eigenvalue weighted by Gasteiger charge is 2.33. The van der Waals surface area contributed by atoms with Gasteiger partial charge in [-0.2, -0.15) is 0 Å². The molecule has 0 radical (unpaired) electrons. The summed E-state index contributed by atoms with van der Waals surface area (Å²) in [4.78, 5) is 29.7. The summed E-state index contributed by atoms with van der Waals surface area (Å²) in [6.07, 6.45) is 0.989. The van der Waals surface area contributed by atoms with Crippen LogP contribution in [0.4, 0.5) is 10.2 Å². The van der Waals surface area contributed by atoms with E-state index in [-0.39, 0.29) is 43.0 Å². The molecule has 0 spiro atoms. The summed E-state index contributed by atoms with van der Waals surface area (Å²) in [5, 5.41) is 0. The molecule has 0 saturated carbocycles. The molecule has 4 aliphatic rings. The molecular formula is C32H52FN5O3. The number of ether oxygens (including phenoxy) is 1. The molecule has 3 atom stereocenters. The van der Waals surface area contributed by atoms with E-state index < -0.39 is 0 Å². The number of aromatic nitrogens is 1. The van der Waals surface area contributed by atoms with Crippen LogP contribution in [-0.2, 0) is 20.9 Å². The molecule has 8 nitrogen and oxygen atoms in total. The average molecular weight is 574 g/mol. The lowest BCUT2D eigenvalue weighted by atomic mass is 9.86. The zero-order valence-electron chi connectivity index (χ0n) is 25.3. The highest BCUT2D eigenvalue weighted by Crippen LogP contribution is 2.34. The second kappa shape index (κ2) is 16.8. The predicted octanol–water partition coefficient (Wildman–Crippen LogP) is 5.26. The van der Waals surface area contributed by atoms with Gasteiger partial charge in [-0.05, 0) is 36.1 Å². The third-order valence-corrected chi connectivity index (χ3v) is 7.76. The molecule has 1 aromatic carbocycles. The van der Waals surface area contributed by atoms with Crippen molar-refractivity contribution in [1.29, 1.82) is 0 Å². The van der Waals surface area contributed by atoms with Gasteiger partial charge in [0.15, 0.2) is 0 Å². The molecule has 41 heavy (non-hydrogen) atoms. The number of hydrogen-bond acceptors (Lipinski definition) is 7. The Hall–Kier alpha value is -2.59. The number of halogens is 1. The molecule has 1 aromatic heterocycles. The van der Waals surface area contributed by atoms with Gasteiger partial charge in [-0.15, -0.1) is 0 Å². The summed E-state index contributed by atoms with van der Waals surface area (Å²) in [5.74, 6) is 0.375. The molecule has 4 aliphatic heterocycles. The molecule has 1 saturated heterocycles. The lowest BCUT2D eigenvalue weighted by molar-refractivity contribution is -0.137. The van der Waals surface area contributed by atoms with Gasteiger partial charge in [0.25, 0.3) is 0 Å². The second-order valence-electron chi connectivity index (χ2n) is 10.8. The highest BCUT2D eigenvalue weighted by molar-refractivity contribution is 5.80. The predicted molar refractivity (Wildman–Crippen MR) is 164 cm³/mol. The summed E-state index contributed by atoms with van der Waals surface area (Å²) in [6, 6.07) is 10.1. The molecule has 1 N–H and O–H groups in total. The summed E-state index contributed by atoms with van der Waals surface area (Å²) in [6.45, 7) is 15.2. The van der Waals surface area contributed by atoms with Gasteiger partial charge >= 0.3 is 0 Å². The Morgan fingerprint density at radius 1 is 1.10 bits per heavy atom. The molecule has 6 rings (SSSR count). The largest absolute Gasteiger partial charge is 0.372 e. The van der Waals surface area contributed by atoms with Crippen LogP contribution in [0.15, 0.2) is 36.5 Å². The number of fused-ring (bicyclic) bond motifs is 2. The Morgan fingerprint density at radius 3 is 2.34 bits per heavy atom. The van der Waals surface area contributed by atoms with E-state index in [4.69, 9.17) is 9.57 Å². The van der Waals surface area contributed by atoms with E-state index >= 15 is 0 Å². The van der Waals surface area contributed by atoms with Gasteiger partial charge in [-0.25, -0.2) is 14.9 Å². The number of carbonyl (C=O) groups excluding carboxylic acids is 1. The molecule has 9 heteroatoms. The van der Waals surface area contributed by atoms with Crippen LogP contribution >= 0.6 is 0 Å². The lowest BCUT2D eigenvalue weighted by Crippen LogP contribution is -2.52. The molecule has 1 fully saturated rings. The fourth-order valence-electron chi connectivity index (χ4n) is 5.47. The van der Waals surface area contributed by atoms with Crippen molar-refractivity contribution in [3.63, 3.8) is 0 Å². The number of hydroxylamine groups is 1. The minimum absolute atomic E-state index is 0. The SMILES string of the molecule is C.CC.CONCC1C(=O)N2CCN(CC2)c2ncc(F)cc2C(C(C)C)OCCN(C)Cc2ccc(cc2)C1C. The first-order chi connectivity index (χ1) is 19.3. The maximum absolute atomic E-state index is 14.4. The van der Waals surface area contributed by atoms with E-state index in [0.717, 1.165) is 30.0 Å². The third-order valence-electron chi connectivity index (χ3n) is 7.76. The van der Waals surface area contributed by atoms with Gasteiger partial charge in [0.1, 0.15) is 11.6 Å². The number of likely N-dealkylation sites (N-methyl/N-ethyl adjacent to an activating group) is 1. The first-order valence-corrected chi connectivity index (χ1v) is 14.6. The fraction of sp³-hybridized carbons (Fsp3) is 0.625.